The molecule has 27 heavy (non-hydrogen) atoms. The molecule has 6 heteroatoms. The topological polar surface area (TPSA) is 61.9 Å². The van der Waals surface area contributed by atoms with Crippen molar-refractivity contribution in [3.63, 3.8) is 0 Å². The Morgan fingerprint density at radius 2 is 2.07 bits per heavy atom. The van der Waals surface area contributed by atoms with Crippen molar-refractivity contribution < 1.29 is 0 Å². The van der Waals surface area contributed by atoms with Crippen LogP contribution in [0, 0.1) is 6.92 Å². The van der Waals surface area contributed by atoms with Crippen molar-refractivity contribution in [2.75, 3.05) is 6.54 Å². The number of hydrogen-bond donors (Lipinski definition) is 1. The summed E-state index contributed by atoms with van der Waals surface area (Å²) in [6, 6.07) is 14.3. The molecule has 0 radical (unpaired) electrons. The molecule has 5 nitrogen and oxygen atoms in total. The van der Waals surface area contributed by atoms with Gasteiger partial charge in [-0.3, -0.25) is 9.69 Å². The number of H-pyrrole nitrogens is 1. The molecule has 4 aromatic rings. The SMILES string of the molecule is Cc1cccc2c(=O)[nH]c(CN3CCC[C@@H]3c3nc4ccccc4s3)nc12. The second kappa shape index (κ2) is 6.55. The van der Waals surface area contributed by atoms with Gasteiger partial charge in [0.15, 0.2) is 0 Å². The quantitative estimate of drug-likeness (QED) is 0.583. The van der Waals surface area contributed by atoms with E-state index < -0.39 is 0 Å². The highest BCUT2D eigenvalue weighted by Gasteiger charge is 2.29. The molecule has 5 rings (SSSR count). The third kappa shape index (κ3) is 2.95. The summed E-state index contributed by atoms with van der Waals surface area (Å²) in [4.78, 5) is 27.4. The Labute approximate surface area is 160 Å². The summed E-state index contributed by atoms with van der Waals surface area (Å²) in [5, 5.41) is 1.82. The third-order valence-corrected chi connectivity index (χ3v) is 6.44. The lowest BCUT2D eigenvalue weighted by molar-refractivity contribution is 0.242. The highest BCUT2D eigenvalue weighted by Crippen LogP contribution is 2.36. The fourth-order valence-corrected chi connectivity index (χ4v) is 5.08. The van der Waals surface area contributed by atoms with Crippen LogP contribution in [0.5, 0.6) is 0 Å². The molecule has 2 aromatic carbocycles. The van der Waals surface area contributed by atoms with Crippen molar-refractivity contribution in [1.29, 1.82) is 0 Å². The van der Waals surface area contributed by atoms with Gasteiger partial charge in [0.25, 0.3) is 5.56 Å². The van der Waals surface area contributed by atoms with E-state index >= 15 is 0 Å². The van der Waals surface area contributed by atoms with Crippen LogP contribution in [0.2, 0.25) is 0 Å². The van der Waals surface area contributed by atoms with E-state index in [4.69, 9.17) is 9.97 Å². The van der Waals surface area contributed by atoms with Gasteiger partial charge < -0.3 is 4.98 Å². The Balaban J connectivity index is 1.48. The van der Waals surface area contributed by atoms with Crippen molar-refractivity contribution in [2.45, 2.75) is 32.4 Å². The molecule has 1 N–H and O–H groups in total. The van der Waals surface area contributed by atoms with Crippen molar-refractivity contribution >= 4 is 32.5 Å². The highest BCUT2D eigenvalue weighted by atomic mass is 32.1. The van der Waals surface area contributed by atoms with E-state index in [2.05, 4.69) is 28.1 Å². The predicted molar refractivity (Wildman–Crippen MR) is 109 cm³/mol. The van der Waals surface area contributed by atoms with Gasteiger partial charge in [-0.1, -0.05) is 24.3 Å². The number of nitrogens with zero attached hydrogens (tertiary/aromatic N) is 3. The molecule has 0 amide bonds. The first-order valence-corrected chi connectivity index (χ1v) is 10.1. The lowest BCUT2D eigenvalue weighted by atomic mass is 10.1. The lowest BCUT2D eigenvalue weighted by Gasteiger charge is -2.22. The molecule has 1 aliphatic rings. The number of rotatable bonds is 3. The number of fused-ring (bicyclic) bond motifs is 2. The Bertz CT molecular complexity index is 1160. The third-order valence-electron chi connectivity index (χ3n) is 5.30. The molecule has 2 aromatic heterocycles. The zero-order valence-electron chi connectivity index (χ0n) is 15.1. The van der Waals surface area contributed by atoms with Crippen molar-refractivity contribution in [3.8, 4) is 0 Å². The first-order valence-electron chi connectivity index (χ1n) is 9.27. The van der Waals surface area contributed by atoms with Gasteiger partial charge in [-0.05, 0) is 50.1 Å². The number of aromatic amines is 1. The number of aromatic nitrogens is 3. The Morgan fingerprint density at radius 3 is 2.96 bits per heavy atom. The predicted octanol–water partition coefficient (Wildman–Crippen LogP) is 4.18. The molecule has 1 aliphatic heterocycles. The van der Waals surface area contributed by atoms with E-state index in [1.807, 2.05) is 31.2 Å². The van der Waals surface area contributed by atoms with E-state index in [0.717, 1.165) is 46.8 Å². The Kier molecular flexibility index (Phi) is 4.02. The van der Waals surface area contributed by atoms with E-state index in [0.29, 0.717) is 18.0 Å². The van der Waals surface area contributed by atoms with Gasteiger partial charge in [0.2, 0.25) is 0 Å². The largest absolute Gasteiger partial charge is 0.309 e. The number of benzene rings is 2. The van der Waals surface area contributed by atoms with Gasteiger partial charge in [0.05, 0.1) is 33.7 Å². The van der Waals surface area contributed by atoms with Crippen molar-refractivity contribution in [2.24, 2.45) is 0 Å². The van der Waals surface area contributed by atoms with Gasteiger partial charge in [-0.25, -0.2) is 9.97 Å². The van der Waals surface area contributed by atoms with E-state index in [1.165, 1.54) is 4.70 Å². The van der Waals surface area contributed by atoms with E-state index in [9.17, 15) is 4.79 Å². The van der Waals surface area contributed by atoms with Crippen LogP contribution in [-0.2, 0) is 6.54 Å². The fraction of sp³-hybridized carbons (Fsp3) is 0.286. The number of hydrogen-bond acceptors (Lipinski definition) is 5. The van der Waals surface area contributed by atoms with Gasteiger partial charge in [-0.2, -0.15) is 0 Å². The molecule has 0 bridgehead atoms. The highest BCUT2D eigenvalue weighted by molar-refractivity contribution is 7.18. The monoisotopic (exact) mass is 376 g/mol. The van der Waals surface area contributed by atoms with Gasteiger partial charge >= 0.3 is 0 Å². The first kappa shape index (κ1) is 16.6. The summed E-state index contributed by atoms with van der Waals surface area (Å²) in [6.07, 6.45) is 2.23. The van der Waals surface area contributed by atoms with Gasteiger partial charge in [-0.15, -0.1) is 11.3 Å². The maximum atomic E-state index is 12.5. The summed E-state index contributed by atoms with van der Waals surface area (Å²) in [6.45, 7) is 3.63. The lowest BCUT2D eigenvalue weighted by Crippen LogP contribution is -2.25. The summed E-state index contributed by atoms with van der Waals surface area (Å²) in [5.74, 6) is 0.731. The van der Waals surface area contributed by atoms with Crippen LogP contribution >= 0.6 is 11.3 Å². The summed E-state index contributed by atoms with van der Waals surface area (Å²) >= 11 is 1.77. The molecule has 0 aliphatic carbocycles. The Hall–Kier alpha value is -2.57. The molecular weight excluding hydrogens is 356 g/mol. The maximum absolute atomic E-state index is 12.5. The first-order chi connectivity index (χ1) is 13.2. The standard InChI is InChI=1S/C21H20N4OS/c1-13-6-4-7-14-19(13)23-18(24-20(14)26)12-25-11-5-9-16(25)21-22-15-8-2-3-10-17(15)27-21/h2-4,6-8,10,16H,5,9,11-12H2,1H3,(H,23,24,26)/t16-/m1/s1. The smallest absolute Gasteiger partial charge is 0.258 e. The molecule has 1 saturated heterocycles. The van der Waals surface area contributed by atoms with Crippen LogP contribution in [-0.4, -0.2) is 26.4 Å². The number of thiazole rings is 1. The molecule has 1 atom stereocenters. The number of aryl methyl sites for hydroxylation is 1. The molecule has 0 saturated carbocycles. The summed E-state index contributed by atoms with van der Waals surface area (Å²) < 4.78 is 1.23. The zero-order chi connectivity index (χ0) is 18.4. The number of para-hydroxylation sites is 2. The molecular formula is C21H20N4OS. The average molecular weight is 376 g/mol. The van der Waals surface area contributed by atoms with Crippen LogP contribution in [0.15, 0.2) is 47.3 Å². The minimum Gasteiger partial charge on any atom is -0.309 e. The van der Waals surface area contributed by atoms with Crippen molar-refractivity contribution in [1.82, 2.24) is 19.9 Å². The molecule has 3 heterocycles. The summed E-state index contributed by atoms with van der Waals surface area (Å²) in [7, 11) is 0. The maximum Gasteiger partial charge on any atom is 0.258 e. The zero-order valence-corrected chi connectivity index (χ0v) is 15.9. The van der Waals surface area contributed by atoms with Crippen LogP contribution in [0.1, 0.15) is 35.3 Å². The second-order valence-electron chi connectivity index (χ2n) is 7.13. The van der Waals surface area contributed by atoms with Crippen LogP contribution in [0.3, 0.4) is 0 Å². The molecule has 0 unspecified atom stereocenters. The van der Waals surface area contributed by atoms with E-state index in [-0.39, 0.29) is 5.56 Å². The normalized spacial score (nSPS) is 17.9. The summed E-state index contributed by atoms with van der Waals surface area (Å²) in [5.41, 5.74) is 2.84. The molecule has 1 fully saturated rings. The second-order valence-corrected chi connectivity index (χ2v) is 8.19. The molecule has 0 spiro atoms. The average Bonchev–Trinajstić information content (AvgIpc) is 3.29. The number of likely N-dealkylation sites (tertiary alicyclic amines) is 1. The van der Waals surface area contributed by atoms with Gasteiger partial charge in [0.1, 0.15) is 10.8 Å². The van der Waals surface area contributed by atoms with Gasteiger partial charge in [0, 0.05) is 0 Å². The minimum absolute atomic E-state index is 0.0607. The van der Waals surface area contributed by atoms with Crippen LogP contribution < -0.4 is 5.56 Å². The fourth-order valence-electron chi connectivity index (χ4n) is 3.95. The molecule has 136 valence electrons. The Morgan fingerprint density at radius 1 is 1.19 bits per heavy atom. The van der Waals surface area contributed by atoms with Crippen LogP contribution in [0.4, 0.5) is 0 Å². The minimum atomic E-state index is -0.0607. The van der Waals surface area contributed by atoms with E-state index in [1.54, 1.807) is 11.3 Å². The van der Waals surface area contributed by atoms with Crippen molar-refractivity contribution in [3.05, 3.63) is 69.2 Å². The number of nitrogens with one attached hydrogen (secondary N) is 1. The van der Waals surface area contributed by atoms with Crippen LogP contribution in [0.25, 0.3) is 21.1 Å².